The van der Waals surface area contributed by atoms with Crippen LogP contribution in [0.3, 0.4) is 0 Å². The molecule has 16 heavy (non-hydrogen) atoms. The maximum Gasteiger partial charge on any atom is 0.309 e. The van der Waals surface area contributed by atoms with Crippen molar-refractivity contribution in [3.05, 3.63) is 42.0 Å². The van der Waals surface area contributed by atoms with Gasteiger partial charge >= 0.3 is 5.97 Å². The molecule has 0 heterocycles. The third-order valence-corrected chi connectivity index (χ3v) is 3.01. The Morgan fingerprint density at radius 1 is 1.50 bits per heavy atom. The molecule has 0 spiro atoms. The molecule has 0 bridgehead atoms. The quantitative estimate of drug-likeness (QED) is 0.723. The zero-order valence-electron chi connectivity index (χ0n) is 9.48. The first kappa shape index (κ1) is 10.9. The summed E-state index contributed by atoms with van der Waals surface area (Å²) >= 11 is 0. The molecule has 0 amide bonds. The average molecular weight is 216 g/mol. The lowest BCUT2D eigenvalue weighted by Crippen LogP contribution is -2.07. The van der Waals surface area contributed by atoms with E-state index in [1.165, 1.54) is 0 Å². The fourth-order valence-electron chi connectivity index (χ4n) is 1.66. The van der Waals surface area contributed by atoms with E-state index < -0.39 is 0 Å². The minimum atomic E-state index is -0.0553. The SMILES string of the molecule is C=Cc1ccc(COC(=O)C2CC2C)cc1. The highest BCUT2D eigenvalue weighted by Gasteiger charge is 2.40. The molecule has 2 unspecified atom stereocenters. The van der Waals surface area contributed by atoms with Crippen LogP contribution in [0.25, 0.3) is 6.08 Å². The first-order valence-corrected chi connectivity index (χ1v) is 5.58. The highest BCUT2D eigenvalue weighted by Crippen LogP contribution is 2.38. The Hall–Kier alpha value is -1.57. The van der Waals surface area contributed by atoms with Gasteiger partial charge in [0.1, 0.15) is 6.61 Å². The number of carbonyl (C=O) groups excluding carboxylic acids is 1. The van der Waals surface area contributed by atoms with Crippen LogP contribution in [0.2, 0.25) is 0 Å². The molecule has 1 aliphatic carbocycles. The van der Waals surface area contributed by atoms with Gasteiger partial charge in [-0.3, -0.25) is 4.79 Å². The number of esters is 1. The van der Waals surface area contributed by atoms with E-state index in [2.05, 4.69) is 13.5 Å². The van der Waals surface area contributed by atoms with E-state index in [4.69, 9.17) is 4.74 Å². The second-order valence-corrected chi connectivity index (χ2v) is 4.37. The number of benzene rings is 1. The molecule has 0 saturated heterocycles. The minimum absolute atomic E-state index is 0.0553. The molecule has 0 aliphatic heterocycles. The lowest BCUT2D eigenvalue weighted by molar-refractivity contribution is -0.146. The first-order chi connectivity index (χ1) is 7.70. The van der Waals surface area contributed by atoms with E-state index in [9.17, 15) is 4.79 Å². The van der Waals surface area contributed by atoms with Crippen molar-refractivity contribution in [2.24, 2.45) is 11.8 Å². The molecule has 1 aromatic carbocycles. The maximum absolute atomic E-state index is 11.5. The highest BCUT2D eigenvalue weighted by atomic mass is 16.5. The maximum atomic E-state index is 11.5. The molecule has 2 nitrogen and oxygen atoms in total. The van der Waals surface area contributed by atoms with Gasteiger partial charge in [-0.15, -0.1) is 0 Å². The zero-order valence-corrected chi connectivity index (χ0v) is 9.48. The molecule has 1 saturated carbocycles. The topological polar surface area (TPSA) is 26.3 Å². The number of rotatable bonds is 4. The molecular weight excluding hydrogens is 200 g/mol. The summed E-state index contributed by atoms with van der Waals surface area (Å²) in [5, 5.41) is 0. The molecule has 0 aromatic heterocycles. The van der Waals surface area contributed by atoms with Crippen LogP contribution in [0.4, 0.5) is 0 Å². The number of carbonyl (C=O) groups is 1. The minimum Gasteiger partial charge on any atom is -0.461 e. The van der Waals surface area contributed by atoms with Crippen LogP contribution in [-0.2, 0) is 16.1 Å². The molecule has 2 rings (SSSR count). The van der Waals surface area contributed by atoms with Gasteiger partial charge in [-0.1, -0.05) is 43.8 Å². The molecule has 1 aromatic rings. The largest absolute Gasteiger partial charge is 0.461 e. The summed E-state index contributed by atoms with van der Waals surface area (Å²) < 4.78 is 5.23. The van der Waals surface area contributed by atoms with Gasteiger partial charge in [-0.2, -0.15) is 0 Å². The summed E-state index contributed by atoms with van der Waals surface area (Å²) in [4.78, 5) is 11.5. The highest BCUT2D eigenvalue weighted by molar-refractivity contribution is 5.75. The fraction of sp³-hybridized carbons (Fsp3) is 0.357. The molecule has 84 valence electrons. The molecule has 2 atom stereocenters. The third kappa shape index (κ3) is 2.51. The van der Waals surface area contributed by atoms with Gasteiger partial charge in [0, 0.05) is 0 Å². The summed E-state index contributed by atoms with van der Waals surface area (Å²) in [5.41, 5.74) is 2.10. The van der Waals surface area contributed by atoms with Gasteiger partial charge in [0.25, 0.3) is 0 Å². The van der Waals surface area contributed by atoms with E-state index in [-0.39, 0.29) is 11.9 Å². The number of ether oxygens (including phenoxy) is 1. The van der Waals surface area contributed by atoms with Gasteiger partial charge in [0.15, 0.2) is 0 Å². The van der Waals surface area contributed by atoms with Crippen LogP contribution in [0.5, 0.6) is 0 Å². The normalized spacial score (nSPS) is 22.6. The van der Waals surface area contributed by atoms with E-state index in [0.717, 1.165) is 17.5 Å². The number of hydrogen-bond donors (Lipinski definition) is 0. The van der Waals surface area contributed by atoms with Gasteiger partial charge in [-0.25, -0.2) is 0 Å². The second-order valence-electron chi connectivity index (χ2n) is 4.37. The van der Waals surface area contributed by atoms with Crippen LogP contribution >= 0.6 is 0 Å². The monoisotopic (exact) mass is 216 g/mol. The summed E-state index contributed by atoms with van der Waals surface area (Å²) in [6.45, 7) is 6.14. The van der Waals surface area contributed by atoms with Gasteiger partial charge in [0.05, 0.1) is 5.92 Å². The van der Waals surface area contributed by atoms with Gasteiger partial charge < -0.3 is 4.74 Å². The molecule has 1 aliphatic rings. The lowest BCUT2D eigenvalue weighted by atomic mass is 10.1. The van der Waals surface area contributed by atoms with E-state index in [0.29, 0.717) is 12.5 Å². The lowest BCUT2D eigenvalue weighted by Gasteiger charge is -2.04. The van der Waals surface area contributed by atoms with Crippen LogP contribution in [0.1, 0.15) is 24.5 Å². The van der Waals surface area contributed by atoms with Gasteiger partial charge in [0.2, 0.25) is 0 Å². The summed E-state index contributed by atoms with van der Waals surface area (Å²) in [6, 6.07) is 7.85. The summed E-state index contributed by atoms with van der Waals surface area (Å²) in [5.74, 6) is 0.600. The Morgan fingerprint density at radius 2 is 2.12 bits per heavy atom. The molecule has 1 fully saturated rings. The predicted octanol–water partition coefficient (Wildman–Crippen LogP) is 3.03. The number of hydrogen-bond acceptors (Lipinski definition) is 2. The molecule has 0 N–H and O–H groups in total. The second kappa shape index (κ2) is 4.52. The van der Waals surface area contributed by atoms with E-state index in [1.54, 1.807) is 6.08 Å². The summed E-state index contributed by atoms with van der Waals surface area (Å²) in [7, 11) is 0. The van der Waals surface area contributed by atoms with Crippen LogP contribution < -0.4 is 0 Å². The third-order valence-electron chi connectivity index (χ3n) is 3.01. The van der Waals surface area contributed by atoms with Crippen molar-refractivity contribution in [2.45, 2.75) is 20.0 Å². The van der Waals surface area contributed by atoms with Gasteiger partial charge in [-0.05, 0) is 23.5 Å². The van der Waals surface area contributed by atoms with Crippen molar-refractivity contribution < 1.29 is 9.53 Å². The molecule has 0 radical (unpaired) electrons. The Bertz CT molecular complexity index is 392. The molecular formula is C14H16O2. The van der Waals surface area contributed by atoms with E-state index >= 15 is 0 Å². The predicted molar refractivity (Wildman–Crippen MR) is 63.6 cm³/mol. The zero-order chi connectivity index (χ0) is 11.5. The first-order valence-electron chi connectivity index (χ1n) is 5.58. The van der Waals surface area contributed by atoms with Crippen molar-refractivity contribution in [3.63, 3.8) is 0 Å². The Labute approximate surface area is 95.9 Å². The van der Waals surface area contributed by atoms with Crippen LogP contribution in [0, 0.1) is 11.8 Å². The molecule has 2 heteroatoms. The fourth-order valence-corrected chi connectivity index (χ4v) is 1.66. The summed E-state index contributed by atoms with van der Waals surface area (Å²) in [6.07, 6.45) is 2.77. The van der Waals surface area contributed by atoms with Crippen LogP contribution in [-0.4, -0.2) is 5.97 Å². The van der Waals surface area contributed by atoms with Crippen molar-refractivity contribution >= 4 is 12.0 Å². The Balaban J connectivity index is 1.84. The smallest absolute Gasteiger partial charge is 0.309 e. The van der Waals surface area contributed by atoms with Crippen molar-refractivity contribution in [1.82, 2.24) is 0 Å². The van der Waals surface area contributed by atoms with Crippen LogP contribution in [0.15, 0.2) is 30.8 Å². The van der Waals surface area contributed by atoms with E-state index in [1.807, 2.05) is 24.3 Å². The van der Waals surface area contributed by atoms with Crippen molar-refractivity contribution in [1.29, 1.82) is 0 Å². The average Bonchev–Trinajstić information content (AvgIpc) is 3.04. The Morgan fingerprint density at radius 3 is 2.62 bits per heavy atom. The van der Waals surface area contributed by atoms with Crippen molar-refractivity contribution in [2.75, 3.05) is 0 Å². The standard InChI is InChI=1S/C14H16O2/c1-3-11-4-6-12(7-5-11)9-16-14(15)13-8-10(13)2/h3-7,10,13H,1,8-9H2,2H3. The van der Waals surface area contributed by atoms with Crippen molar-refractivity contribution in [3.8, 4) is 0 Å². The Kier molecular flexibility index (Phi) is 3.09.